The summed E-state index contributed by atoms with van der Waals surface area (Å²) in [5.74, 6) is 0.0439. The summed E-state index contributed by atoms with van der Waals surface area (Å²) in [6.07, 6.45) is 0. The van der Waals surface area contributed by atoms with Gasteiger partial charge < -0.3 is 4.79 Å². The Labute approximate surface area is 111 Å². The molecular formula is C13H9NaO. The number of carbonyl (C=O) groups excluding carboxylic acids is 1. The Kier molecular flexibility index (Phi) is 4.76. The van der Waals surface area contributed by atoms with Crippen LogP contribution in [0.5, 0.6) is 0 Å². The van der Waals surface area contributed by atoms with E-state index in [1.807, 2.05) is 36.4 Å². The van der Waals surface area contributed by atoms with E-state index in [2.05, 4.69) is 6.07 Å². The summed E-state index contributed by atoms with van der Waals surface area (Å²) in [5, 5.41) is 0. The zero-order valence-corrected chi connectivity index (χ0v) is 10.6. The van der Waals surface area contributed by atoms with E-state index >= 15 is 0 Å². The summed E-state index contributed by atoms with van der Waals surface area (Å²) in [4.78, 5) is 11.8. The van der Waals surface area contributed by atoms with Gasteiger partial charge in [0, 0.05) is 5.56 Å². The van der Waals surface area contributed by atoms with Crippen LogP contribution in [0.4, 0.5) is 0 Å². The molecule has 0 bridgehead atoms. The fraction of sp³-hybridized carbons (Fsp3) is 0. The van der Waals surface area contributed by atoms with Gasteiger partial charge in [-0.05, 0) is 0 Å². The van der Waals surface area contributed by atoms with Gasteiger partial charge in [0.1, 0.15) is 5.78 Å². The maximum Gasteiger partial charge on any atom is 1.00 e. The number of benzene rings is 2. The molecule has 15 heavy (non-hydrogen) atoms. The van der Waals surface area contributed by atoms with Gasteiger partial charge in [0.15, 0.2) is 0 Å². The Morgan fingerprint density at radius 1 is 0.933 bits per heavy atom. The number of ketones is 1. The molecule has 2 aromatic rings. The van der Waals surface area contributed by atoms with Crippen LogP contribution < -0.4 is 29.6 Å². The number of rotatable bonds is 2. The van der Waals surface area contributed by atoms with Crippen LogP contribution in [0.2, 0.25) is 0 Å². The summed E-state index contributed by atoms with van der Waals surface area (Å²) >= 11 is 0. The van der Waals surface area contributed by atoms with E-state index in [1.54, 1.807) is 18.2 Å². The quantitative estimate of drug-likeness (QED) is 0.373. The number of hydrogen-bond acceptors (Lipinski definition) is 1. The molecule has 2 heteroatoms. The van der Waals surface area contributed by atoms with Gasteiger partial charge in [-0.1, -0.05) is 35.9 Å². The van der Waals surface area contributed by atoms with Gasteiger partial charge in [-0.2, -0.15) is 30.3 Å². The van der Waals surface area contributed by atoms with Gasteiger partial charge in [0.05, 0.1) is 0 Å². The summed E-state index contributed by atoms with van der Waals surface area (Å²) in [6.45, 7) is 0. The van der Waals surface area contributed by atoms with E-state index in [9.17, 15) is 4.79 Å². The third-order valence-electron chi connectivity index (χ3n) is 2.01. The summed E-state index contributed by atoms with van der Waals surface area (Å²) in [6, 6.07) is 19.2. The fourth-order valence-corrected chi connectivity index (χ4v) is 1.29. The Morgan fingerprint density at radius 2 is 1.60 bits per heavy atom. The van der Waals surface area contributed by atoms with Crippen LogP contribution in [0, 0.1) is 6.07 Å². The molecule has 0 amide bonds. The van der Waals surface area contributed by atoms with E-state index < -0.39 is 0 Å². The van der Waals surface area contributed by atoms with Gasteiger partial charge >= 0.3 is 29.6 Å². The molecule has 1 nitrogen and oxygen atoms in total. The van der Waals surface area contributed by atoms with Crippen LogP contribution >= 0.6 is 0 Å². The van der Waals surface area contributed by atoms with Gasteiger partial charge in [-0.15, -0.1) is 0 Å². The molecule has 2 rings (SSSR count). The van der Waals surface area contributed by atoms with E-state index in [0.29, 0.717) is 11.1 Å². The van der Waals surface area contributed by atoms with Crippen LogP contribution in [0.1, 0.15) is 15.9 Å². The molecule has 0 saturated heterocycles. The van der Waals surface area contributed by atoms with Crippen molar-refractivity contribution in [3.8, 4) is 0 Å². The Bertz CT molecular complexity index is 381. The standard InChI is InChI=1S/C13H9O.Na/c14-13(11-7-3-1-4-8-11)12-9-5-2-6-10-12;/h1-5,7-10H;/q-1;+1. The van der Waals surface area contributed by atoms with Gasteiger partial charge in [-0.25, -0.2) is 0 Å². The molecule has 0 N–H and O–H groups in total. The second-order valence-corrected chi connectivity index (χ2v) is 2.99. The zero-order chi connectivity index (χ0) is 9.80. The molecule has 2 aromatic carbocycles. The average Bonchev–Trinajstić information content (AvgIpc) is 2.30. The van der Waals surface area contributed by atoms with Crippen molar-refractivity contribution in [3.63, 3.8) is 0 Å². The van der Waals surface area contributed by atoms with E-state index in [1.165, 1.54) is 0 Å². The van der Waals surface area contributed by atoms with Crippen molar-refractivity contribution in [3.05, 3.63) is 71.8 Å². The van der Waals surface area contributed by atoms with Crippen molar-refractivity contribution in [2.24, 2.45) is 0 Å². The first kappa shape index (κ1) is 12.2. The smallest absolute Gasteiger partial charge is 0.303 e. The van der Waals surface area contributed by atoms with Crippen molar-refractivity contribution in [1.29, 1.82) is 0 Å². The molecular weight excluding hydrogens is 195 g/mol. The van der Waals surface area contributed by atoms with Crippen molar-refractivity contribution in [2.45, 2.75) is 0 Å². The van der Waals surface area contributed by atoms with Gasteiger partial charge in [-0.3, -0.25) is 0 Å². The molecule has 0 unspecified atom stereocenters. The van der Waals surface area contributed by atoms with Crippen LogP contribution in [0.25, 0.3) is 0 Å². The average molecular weight is 204 g/mol. The molecule has 68 valence electrons. The van der Waals surface area contributed by atoms with E-state index in [-0.39, 0.29) is 35.3 Å². The molecule has 0 aromatic heterocycles. The molecule has 0 heterocycles. The molecule has 0 saturated carbocycles. The Morgan fingerprint density at radius 3 is 2.20 bits per heavy atom. The third-order valence-corrected chi connectivity index (χ3v) is 2.01. The normalized spacial score (nSPS) is 9.07. The van der Waals surface area contributed by atoms with Crippen LogP contribution in [0.3, 0.4) is 0 Å². The van der Waals surface area contributed by atoms with E-state index in [0.717, 1.165) is 0 Å². The molecule has 0 atom stereocenters. The molecule has 0 radical (unpaired) electrons. The minimum Gasteiger partial charge on any atom is -0.303 e. The van der Waals surface area contributed by atoms with Crippen LogP contribution in [-0.2, 0) is 0 Å². The first-order valence-corrected chi connectivity index (χ1v) is 4.44. The van der Waals surface area contributed by atoms with Crippen LogP contribution in [-0.4, -0.2) is 5.78 Å². The van der Waals surface area contributed by atoms with Crippen LogP contribution in [0.15, 0.2) is 54.6 Å². The summed E-state index contributed by atoms with van der Waals surface area (Å²) in [5.41, 5.74) is 1.39. The monoisotopic (exact) mass is 204 g/mol. The minimum atomic E-state index is 0. The van der Waals surface area contributed by atoms with E-state index in [4.69, 9.17) is 0 Å². The van der Waals surface area contributed by atoms with Crippen molar-refractivity contribution < 1.29 is 34.4 Å². The third kappa shape index (κ3) is 3.03. The fourth-order valence-electron chi connectivity index (χ4n) is 1.29. The van der Waals surface area contributed by atoms with Crippen molar-refractivity contribution in [2.75, 3.05) is 0 Å². The minimum absolute atomic E-state index is 0. The van der Waals surface area contributed by atoms with Crippen molar-refractivity contribution in [1.82, 2.24) is 0 Å². The predicted molar refractivity (Wildman–Crippen MR) is 55.2 cm³/mol. The SMILES string of the molecule is O=C(c1c[c-]ccc1)c1ccccc1.[Na+]. The second kappa shape index (κ2) is 5.86. The molecule has 0 aliphatic heterocycles. The number of carbonyl (C=O) groups is 1. The largest absolute Gasteiger partial charge is 1.00 e. The topological polar surface area (TPSA) is 17.1 Å². The second-order valence-electron chi connectivity index (χ2n) is 2.99. The Hall–Kier alpha value is -0.890. The summed E-state index contributed by atoms with van der Waals surface area (Å²) < 4.78 is 0. The first-order chi connectivity index (χ1) is 6.88. The maximum atomic E-state index is 11.8. The molecule has 0 aliphatic rings. The molecule has 0 spiro atoms. The Balaban J connectivity index is 0.00000112. The van der Waals surface area contributed by atoms with Gasteiger partial charge in [0.25, 0.3) is 0 Å². The number of hydrogen-bond donors (Lipinski definition) is 0. The molecule has 0 fully saturated rings. The zero-order valence-electron chi connectivity index (χ0n) is 8.60. The van der Waals surface area contributed by atoms with Gasteiger partial charge in [0.2, 0.25) is 0 Å². The van der Waals surface area contributed by atoms with Crippen molar-refractivity contribution >= 4 is 5.78 Å². The maximum absolute atomic E-state index is 11.8. The predicted octanol–water partition coefficient (Wildman–Crippen LogP) is -0.278. The summed E-state index contributed by atoms with van der Waals surface area (Å²) in [7, 11) is 0. The molecule has 0 aliphatic carbocycles. The first-order valence-electron chi connectivity index (χ1n) is 4.44.